The van der Waals surface area contributed by atoms with E-state index in [1.165, 1.54) is 35.1 Å². The first kappa shape index (κ1) is 19.9. The van der Waals surface area contributed by atoms with Gasteiger partial charge in [0, 0.05) is 18.8 Å². The van der Waals surface area contributed by atoms with E-state index in [1.807, 2.05) is 20.8 Å². The largest absolute Gasteiger partial charge is 0.469 e. The molecule has 0 aromatic heterocycles. The maximum Gasteiger partial charge on any atom is 0.469 e. The van der Waals surface area contributed by atoms with Crippen LogP contribution in [0, 0.1) is 4.91 Å². The highest BCUT2D eigenvalue weighted by Crippen LogP contribution is 2.38. The van der Waals surface area contributed by atoms with Gasteiger partial charge in [-0.2, -0.15) is 4.84 Å². The average molecular weight is 389 g/mol. The van der Waals surface area contributed by atoms with Crippen molar-refractivity contribution in [3.63, 3.8) is 0 Å². The lowest BCUT2D eigenvalue weighted by Gasteiger charge is -2.26. The van der Waals surface area contributed by atoms with E-state index in [-0.39, 0.29) is 27.7 Å². The monoisotopic (exact) mass is 388 g/mol. The predicted octanol–water partition coefficient (Wildman–Crippen LogP) is 3.90. The summed E-state index contributed by atoms with van der Waals surface area (Å²) in [6, 6.07) is -0.252. The van der Waals surface area contributed by atoms with Crippen LogP contribution < -0.4 is 0 Å². The lowest BCUT2D eigenvalue weighted by molar-refractivity contribution is -0.466. The van der Waals surface area contributed by atoms with E-state index in [9.17, 15) is 9.70 Å². The zero-order chi connectivity index (χ0) is 17.1. The van der Waals surface area contributed by atoms with E-state index in [1.54, 1.807) is 6.92 Å². The summed E-state index contributed by atoms with van der Waals surface area (Å²) < 4.78 is 1.24. The molecule has 6 nitrogen and oxygen atoms in total. The Morgan fingerprint density at radius 1 is 1.55 bits per heavy atom. The third kappa shape index (κ3) is 4.66. The molecule has 1 aliphatic rings. The van der Waals surface area contributed by atoms with Crippen LogP contribution in [-0.4, -0.2) is 54.7 Å². The van der Waals surface area contributed by atoms with E-state index in [4.69, 9.17) is 28.0 Å². The number of nitrogens with zero attached hydrogens (tertiary/aromatic N) is 3. The fourth-order valence-electron chi connectivity index (χ4n) is 1.46. The fourth-order valence-corrected chi connectivity index (χ4v) is 3.96. The molecule has 0 radical (unpaired) electrons. The molecule has 1 fully saturated rings. The zero-order valence-corrected chi connectivity index (χ0v) is 16.3. The summed E-state index contributed by atoms with van der Waals surface area (Å²) in [5, 5.41) is 3.82. The van der Waals surface area contributed by atoms with E-state index >= 15 is 0 Å². The van der Waals surface area contributed by atoms with Crippen LogP contribution >= 0.6 is 46.9 Å². The first-order valence-corrected chi connectivity index (χ1v) is 9.21. The topological polar surface area (TPSA) is 62.0 Å². The molecule has 1 saturated heterocycles. The molecule has 126 valence electrons. The van der Waals surface area contributed by atoms with Gasteiger partial charge in [0.2, 0.25) is 0 Å². The number of hydrogen-bond acceptors (Lipinski definition) is 6. The van der Waals surface area contributed by atoms with Gasteiger partial charge in [0.1, 0.15) is 0 Å². The number of carbonyl (C=O) groups is 1. The van der Waals surface area contributed by atoms with Crippen molar-refractivity contribution in [2.24, 2.45) is 5.16 Å². The SMILES string of the molecule is CC1[N+](=O)C(=NOC(=O)N(C)SC(C)(CCl)CCl)SC1(C)C. The number of amides is 1. The summed E-state index contributed by atoms with van der Waals surface area (Å²) in [5.41, 5.74) is 0. The molecular weight excluding hydrogens is 369 g/mol. The molecule has 1 heterocycles. The molecule has 0 spiro atoms. The van der Waals surface area contributed by atoms with Crippen molar-refractivity contribution in [2.45, 2.75) is 43.2 Å². The summed E-state index contributed by atoms with van der Waals surface area (Å²) in [5.74, 6) is 0.562. The second-order valence-corrected chi connectivity index (χ2v) is 9.62. The quantitative estimate of drug-likeness (QED) is 0.235. The van der Waals surface area contributed by atoms with Crippen molar-refractivity contribution >= 4 is 58.2 Å². The third-order valence-corrected chi connectivity index (χ3v) is 7.24. The van der Waals surface area contributed by atoms with Gasteiger partial charge in [-0.3, -0.25) is 4.31 Å². The second-order valence-electron chi connectivity index (χ2n) is 5.74. The number of amidine groups is 1. The minimum absolute atomic E-state index is 0.140. The number of thioether (sulfide) groups is 1. The van der Waals surface area contributed by atoms with Gasteiger partial charge < -0.3 is 0 Å². The number of nitroso groups, excluding NO2 is 1. The number of rotatable bonds is 5. The predicted molar refractivity (Wildman–Crippen MR) is 93.9 cm³/mol. The molecule has 0 aromatic rings. The van der Waals surface area contributed by atoms with E-state index in [0.717, 1.165) is 4.76 Å². The lowest BCUT2D eigenvalue weighted by atomic mass is 10.1. The van der Waals surface area contributed by atoms with Gasteiger partial charge in [-0.15, -0.1) is 23.2 Å². The Bertz CT molecular complexity index is 484. The van der Waals surface area contributed by atoms with Crippen LogP contribution in [0.15, 0.2) is 5.16 Å². The van der Waals surface area contributed by atoms with Gasteiger partial charge in [0.15, 0.2) is 11.2 Å². The number of halogens is 2. The zero-order valence-electron chi connectivity index (χ0n) is 13.1. The van der Waals surface area contributed by atoms with Gasteiger partial charge >= 0.3 is 11.3 Å². The summed E-state index contributed by atoms with van der Waals surface area (Å²) in [6.07, 6.45) is -0.690. The van der Waals surface area contributed by atoms with Crippen LogP contribution in [0.5, 0.6) is 0 Å². The molecule has 10 heteroatoms. The standard InChI is InChI=1S/C12H20Cl2N3O3S2/c1-8-11(2,3)21-9(17(8)19)15-20-10(18)16(5)22-12(4,6-13)7-14/h8H,6-7H2,1-5H3/q+1. The van der Waals surface area contributed by atoms with Gasteiger partial charge in [-0.05, 0) is 56.2 Å². The van der Waals surface area contributed by atoms with Crippen LogP contribution in [0.1, 0.15) is 27.7 Å². The molecule has 0 aromatic carbocycles. The van der Waals surface area contributed by atoms with E-state index < -0.39 is 10.8 Å². The van der Waals surface area contributed by atoms with Crippen molar-refractivity contribution in [3.05, 3.63) is 4.91 Å². The molecule has 0 saturated carbocycles. The Morgan fingerprint density at radius 2 is 2.09 bits per heavy atom. The van der Waals surface area contributed by atoms with Crippen LogP contribution in [0.2, 0.25) is 0 Å². The molecule has 1 rings (SSSR count). The van der Waals surface area contributed by atoms with Crippen molar-refractivity contribution < 1.29 is 14.4 Å². The molecule has 1 aliphatic heterocycles. The van der Waals surface area contributed by atoms with Crippen molar-refractivity contribution in [3.8, 4) is 0 Å². The Labute approximate surface area is 149 Å². The highest BCUT2D eigenvalue weighted by atomic mass is 35.5. The number of oxime groups is 1. The van der Waals surface area contributed by atoms with E-state index in [0.29, 0.717) is 0 Å². The average Bonchev–Trinajstić information content (AvgIpc) is 2.67. The van der Waals surface area contributed by atoms with Gasteiger partial charge in [-0.1, -0.05) is 4.91 Å². The Morgan fingerprint density at radius 3 is 2.50 bits per heavy atom. The molecule has 1 amide bonds. The van der Waals surface area contributed by atoms with Gasteiger partial charge in [0.25, 0.3) is 0 Å². The van der Waals surface area contributed by atoms with Gasteiger partial charge in [-0.25, -0.2) is 4.79 Å². The molecule has 1 unspecified atom stereocenters. The van der Waals surface area contributed by atoms with Crippen molar-refractivity contribution in [1.82, 2.24) is 4.31 Å². The summed E-state index contributed by atoms with van der Waals surface area (Å²) in [7, 11) is 1.54. The first-order chi connectivity index (χ1) is 10.1. The van der Waals surface area contributed by atoms with Crippen LogP contribution in [0.4, 0.5) is 4.79 Å². The molecular formula is C12H20Cl2N3O3S2+. The fraction of sp³-hybridized carbons (Fsp3) is 0.833. The molecule has 0 N–H and O–H groups in total. The number of carbonyl (C=O) groups excluding carboxylic acids is 1. The number of hydrogen-bond donors (Lipinski definition) is 0. The summed E-state index contributed by atoms with van der Waals surface area (Å²) >= 11 is 14.1. The summed E-state index contributed by atoms with van der Waals surface area (Å²) in [6.45, 7) is 7.51. The van der Waals surface area contributed by atoms with Crippen molar-refractivity contribution in [1.29, 1.82) is 0 Å². The molecule has 0 bridgehead atoms. The van der Waals surface area contributed by atoms with Crippen LogP contribution in [0.3, 0.4) is 0 Å². The minimum Gasteiger partial charge on any atom is -0.250 e. The first-order valence-electron chi connectivity index (χ1n) is 6.55. The second kappa shape index (κ2) is 7.59. The lowest BCUT2D eigenvalue weighted by Crippen LogP contribution is -2.33. The smallest absolute Gasteiger partial charge is 0.250 e. The van der Waals surface area contributed by atoms with E-state index in [2.05, 4.69) is 5.16 Å². The highest BCUT2D eigenvalue weighted by Gasteiger charge is 2.50. The summed E-state index contributed by atoms with van der Waals surface area (Å²) in [4.78, 5) is 28.7. The minimum atomic E-state index is -0.690. The molecule has 22 heavy (non-hydrogen) atoms. The number of alkyl halides is 2. The maximum absolute atomic E-state index is 11.9. The molecule has 0 aliphatic carbocycles. The third-order valence-electron chi connectivity index (χ3n) is 3.28. The maximum atomic E-state index is 11.9. The van der Waals surface area contributed by atoms with Crippen LogP contribution in [0.25, 0.3) is 0 Å². The Kier molecular flexibility index (Phi) is 6.86. The Hall–Kier alpha value is -0.180. The normalized spacial score (nSPS) is 23.0. The van der Waals surface area contributed by atoms with Gasteiger partial charge in [0.05, 0.1) is 9.49 Å². The van der Waals surface area contributed by atoms with Crippen LogP contribution in [-0.2, 0) is 4.84 Å². The van der Waals surface area contributed by atoms with Crippen molar-refractivity contribution in [2.75, 3.05) is 18.8 Å². The highest BCUT2D eigenvalue weighted by molar-refractivity contribution is 8.14. The molecule has 1 atom stereocenters. The Balaban J connectivity index is 2.66.